The van der Waals surface area contributed by atoms with Gasteiger partial charge in [-0.25, -0.2) is 0 Å². The molecule has 0 fully saturated rings. The molecule has 0 unspecified atom stereocenters. The van der Waals surface area contributed by atoms with Crippen LogP contribution in [0.25, 0.3) is 0 Å². The zero-order valence-corrected chi connectivity index (χ0v) is 11.6. The van der Waals surface area contributed by atoms with Crippen LogP contribution in [0, 0.1) is 6.92 Å². The van der Waals surface area contributed by atoms with Crippen LogP contribution >= 0.6 is 28.1 Å². The Bertz CT molecular complexity index is 434. The van der Waals surface area contributed by atoms with Gasteiger partial charge in [-0.1, -0.05) is 24.4 Å². The monoisotopic (exact) mass is 300 g/mol. The topological polar surface area (TPSA) is 46.3 Å². The van der Waals surface area contributed by atoms with Crippen molar-refractivity contribution in [1.29, 1.82) is 0 Å². The molecule has 3 nitrogen and oxygen atoms in total. The van der Waals surface area contributed by atoms with Crippen molar-refractivity contribution in [2.75, 3.05) is 13.6 Å². The predicted molar refractivity (Wildman–Crippen MR) is 72.6 cm³/mol. The molecule has 16 heavy (non-hydrogen) atoms. The van der Waals surface area contributed by atoms with Gasteiger partial charge >= 0.3 is 0 Å². The number of halogens is 1. The van der Waals surface area contributed by atoms with E-state index in [2.05, 4.69) is 15.9 Å². The van der Waals surface area contributed by atoms with Crippen molar-refractivity contribution in [2.24, 2.45) is 5.73 Å². The van der Waals surface area contributed by atoms with Crippen LogP contribution in [0.4, 0.5) is 0 Å². The van der Waals surface area contributed by atoms with Crippen LogP contribution in [0.5, 0.6) is 0 Å². The summed E-state index contributed by atoms with van der Waals surface area (Å²) in [7, 11) is 1.68. The number of thiocarbonyl (C=S) groups is 1. The summed E-state index contributed by atoms with van der Waals surface area (Å²) < 4.78 is 0.815. The lowest BCUT2D eigenvalue weighted by Crippen LogP contribution is -2.34. The van der Waals surface area contributed by atoms with Gasteiger partial charge in [0.1, 0.15) is 0 Å². The van der Waals surface area contributed by atoms with Crippen LogP contribution in [0.15, 0.2) is 22.7 Å². The normalized spacial score (nSPS) is 9.94. The number of rotatable bonds is 3. The Morgan fingerprint density at radius 1 is 1.56 bits per heavy atom. The fraction of sp³-hybridized carbons (Fsp3) is 0.273. The third kappa shape index (κ3) is 3.02. The third-order valence-electron chi connectivity index (χ3n) is 2.16. The van der Waals surface area contributed by atoms with Crippen LogP contribution in [0.2, 0.25) is 0 Å². The first kappa shape index (κ1) is 13.1. The van der Waals surface area contributed by atoms with Gasteiger partial charge in [0.15, 0.2) is 0 Å². The molecule has 2 N–H and O–H groups in total. The largest absolute Gasteiger partial charge is 0.392 e. The smallest absolute Gasteiger partial charge is 0.255 e. The van der Waals surface area contributed by atoms with E-state index in [1.807, 2.05) is 19.1 Å². The Hall–Kier alpha value is -0.940. The number of hydrogen-bond acceptors (Lipinski definition) is 2. The predicted octanol–water partition coefficient (Wildman–Crippen LogP) is 2.12. The third-order valence-corrected chi connectivity index (χ3v) is 3.34. The lowest BCUT2D eigenvalue weighted by molar-refractivity contribution is 0.0814. The second-order valence-corrected chi connectivity index (χ2v) is 4.88. The molecule has 0 saturated heterocycles. The SMILES string of the molecule is Cc1cccc(C(=O)N(C)CC(N)=S)c1Br. The summed E-state index contributed by atoms with van der Waals surface area (Å²) in [5, 5.41) is 0. The lowest BCUT2D eigenvalue weighted by atomic mass is 10.1. The number of hydrogen-bond donors (Lipinski definition) is 1. The average Bonchev–Trinajstić information content (AvgIpc) is 2.20. The average molecular weight is 301 g/mol. The van der Waals surface area contributed by atoms with Crippen molar-refractivity contribution in [3.63, 3.8) is 0 Å². The van der Waals surface area contributed by atoms with Crippen molar-refractivity contribution < 1.29 is 4.79 Å². The fourth-order valence-corrected chi connectivity index (χ4v) is 1.95. The van der Waals surface area contributed by atoms with Crippen molar-refractivity contribution in [2.45, 2.75) is 6.92 Å². The highest BCUT2D eigenvalue weighted by molar-refractivity contribution is 9.10. The van der Waals surface area contributed by atoms with Crippen LogP contribution < -0.4 is 5.73 Å². The van der Waals surface area contributed by atoms with Gasteiger partial charge in [-0.2, -0.15) is 0 Å². The van der Waals surface area contributed by atoms with Gasteiger partial charge in [0.05, 0.1) is 17.1 Å². The molecule has 0 saturated carbocycles. The highest BCUT2D eigenvalue weighted by Crippen LogP contribution is 2.22. The van der Waals surface area contributed by atoms with E-state index >= 15 is 0 Å². The molecule has 0 atom stereocenters. The number of nitrogens with zero attached hydrogens (tertiary/aromatic N) is 1. The number of amides is 1. The highest BCUT2D eigenvalue weighted by atomic mass is 79.9. The molecule has 0 spiro atoms. The molecule has 0 heterocycles. The minimum Gasteiger partial charge on any atom is -0.392 e. The van der Waals surface area contributed by atoms with E-state index in [0.29, 0.717) is 10.6 Å². The molecule has 0 aliphatic heterocycles. The van der Waals surface area contributed by atoms with Crippen LogP contribution in [-0.2, 0) is 0 Å². The molecule has 0 aromatic heterocycles. The van der Waals surface area contributed by atoms with Gasteiger partial charge in [0, 0.05) is 11.5 Å². The van der Waals surface area contributed by atoms with Crippen molar-refractivity contribution in [1.82, 2.24) is 4.90 Å². The van der Waals surface area contributed by atoms with Gasteiger partial charge in [-0.05, 0) is 34.5 Å². The molecule has 1 aromatic carbocycles. The van der Waals surface area contributed by atoms with Gasteiger partial charge in [-0.3, -0.25) is 4.79 Å². The minimum atomic E-state index is -0.0941. The zero-order chi connectivity index (χ0) is 12.3. The standard InChI is InChI=1S/C11H13BrN2OS/c1-7-4-3-5-8(10(7)12)11(15)14(2)6-9(13)16/h3-5H,6H2,1-2H3,(H2,13,16). The van der Waals surface area contributed by atoms with Crippen molar-refractivity contribution in [3.05, 3.63) is 33.8 Å². The van der Waals surface area contributed by atoms with Crippen LogP contribution in [0.1, 0.15) is 15.9 Å². The van der Waals surface area contributed by atoms with Gasteiger partial charge < -0.3 is 10.6 Å². The molecule has 0 bridgehead atoms. The second kappa shape index (κ2) is 5.41. The summed E-state index contributed by atoms with van der Waals surface area (Å²) in [4.78, 5) is 13.8. The summed E-state index contributed by atoms with van der Waals surface area (Å²) in [6.45, 7) is 2.23. The Kier molecular flexibility index (Phi) is 4.44. The summed E-state index contributed by atoms with van der Waals surface area (Å²) >= 11 is 8.18. The van der Waals surface area contributed by atoms with E-state index in [-0.39, 0.29) is 12.5 Å². The number of likely N-dealkylation sites (N-methyl/N-ethyl adjacent to an activating group) is 1. The number of benzene rings is 1. The lowest BCUT2D eigenvalue weighted by Gasteiger charge is -2.17. The molecule has 1 rings (SSSR count). The van der Waals surface area contributed by atoms with E-state index in [1.165, 1.54) is 4.90 Å². The summed E-state index contributed by atoms with van der Waals surface area (Å²) in [5.41, 5.74) is 7.05. The molecule has 0 aliphatic carbocycles. The molecule has 86 valence electrons. The maximum Gasteiger partial charge on any atom is 0.255 e. The van der Waals surface area contributed by atoms with Crippen molar-refractivity contribution >= 4 is 39.0 Å². The maximum absolute atomic E-state index is 12.0. The molecular formula is C11H13BrN2OS. The Balaban J connectivity index is 2.96. The summed E-state index contributed by atoms with van der Waals surface area (Å²) in [5.74, 6) is -0.0941. The van der Waals surface area contributed by atoms with Gasteiger partial charge in [-0.15, -0.1) is 0 Å². The Morgan fingerprint density at radius 2 is 2.19 bits per heavy atom. The number of aryl methyl sites for hydroxylation is 1. The van der Waals surface area contributed by atoms with E-state index < -0.39 is 0 Å². The molecule has 1 amide bonds. The molecule has 0 radical (unpaired) electrons. The zero-order valence-electron chi connectivity index (χ0n) is 9.16. The molecular weight excluding hydrogens is 288 g/mol. The number of nitrogens with two attached hydrogens (primary N) is 1. The first-order valence-electron chi connectivity index (χ1n) is 4.72. The maximum atomic E-state index is 12.0. The quantitative estimate of drug-likeness (QED) is 0.870. The van der Waals surface area contributed by atoms with E-state index in [4.69, 9.17) is 18.0 Å². The van der Waals surface area contributed by atoms with E-state index in [9.17, 15) is 4.79 Å². The molecule has 0 aliphatic rings. The minimum absolute atomic E-state index is 0.0941. The number of carbonyl (C=O) groups is 1. The van der Waals surface area contributed by atoms with E-state index in [0.717, 1.165) is 10.0 Å². The van der Waals surface area contributed by atoms with Crippen LogP contribution in [-0.4, -0.2) is 29.4 Å². The van der Waals surface area contributed by atoms with Gasteiger partial charge in [0.2, 0.25) is 0 Å². The van der Waals surface area contributed by atoms with E-state index in [1.54, 1.807) is 13.1 Å². The Morgan fingerprint density at radius 3 is 2.75 bits per heavy atom. The molecule has 1 aromatic rings. The number of carbonyl (C=O) groups excluding carboxylic acids is 1. The summed E-state index contributed by atoms with van der Waals surface area (Å²) in [6, 6.07) is 5.56. The van der Waals surface area contributed by atoms with Crippen LogP contribution in [0.3, 0.4) is 0 Å². The second-order valence-electron chi connectivity index (χ2n) is 3.56. The van der Waals surface area contributed by atoms with Crippen molar-refractivity contribution in [3.8, 4) is 0 Å². The van der Waals surface area contributed by atoms with Gasteiger partial charge in [0.25, 0.3) is 5.91 Å². The Labute approximate surface area is 109 Å². The first-order valence-corrected chi connectivity index (χ1v) is 5.92. The fourth-order valence-electron chi connectivity index (χ4n) is 1.32. The molecule has 5 heteroatoms. The highest BCUT2D eigenvalue weighted by Gasteiger charge is 2.15. The summed E-state index contributed by atoms with van der Waals surface area (Å²) in [6.07, 6.45) is 0. The first-order chi connectivity index (χ1) is 7.43.